The third-order valence-corrected chi connectivity index (χ3v) is 3.97. The maximum absolute atomic E-state index is 5.84. The van der Waals surface area contributed by atoms with E-state index in [1.54, 1.807) is 0 Å². The lowest BCUT2D eigenvalue weighted by molar-refractivity contribution is 0.283. The van der Waals surface area contributed by atoms with E-state index in [4.69, 9.17) is 5.73 Å². The Bertz CT molecular complexity index is 151. The van der Waals surface area contributed by atoms with Crippen molar-refractivity contribution in [2.75, 3.05) is 13.1 Å². The van der Waals surface area contributed by atoms with Gasteiger partial charge in [0.25, 0.3) is 0 Å². The molecule has 0 bridgehead atoms. The van der Waals surface area contributed by atoms with Crippen molar-refractivity contribution in [2.45, 2.75) is 52.0 Å². The van der Waals surface area contributed by atoms with Crippen molar-refractivity contribution in [1.29, 1.82) is 0 Å². The van der Waals surface area contributed by atoms with Crippen LogP contribution < -0.4 is 11.1 Å². The Kier molecular flexibility index (Phi) is 4.39. The average Bonchev–Trinajstić information content (AvgIpc) is 3.04. The first kappa shape index (κ1) is 12.0. The van der Waals surface area contributed by atoms with Crippen LogP contribution in [0.15, 0.2) is 0 Å². The summed E-state index contributed by atoms with van der Waals surface area (Å²) in [5.74, 6) is 1.82. The Hall–Kier alpha value is -0.0800. The fourth-order valence-corrected chi connectivity index (χ4v) is 2.07. The van der Waals surface area contributed by atoms with Gasteiger partial charge in [0.2, 0.25) is 0 Å². The zero-order valence-electron chi connectivity index (χ0n) is 9.97. The van der Waals surface area contributed by atoms with Crippen LogP contribution in [0.1, 0.15) is 46.5 Å². The first-order valence-corrected chi connectivity index (χ1v) is 6.12. The van der Waals surface area contributed by atoms with Crippen molar-refractivity contribution in [3.05, 3.63) is 0 Å². The van der Waals surface area contributed by atoms with E-state index in [1.165, 1.54) is 12.8 Å². The molecule has 0 heterocycles. The molecular formula is C12H26N2. The van der Waals surface area contributed by atoms with E-state index in [0.29, 0.717) is 0 Å². The van der Waals surface area contributed by atoms with Gasteiger partial charge in [-0.15, -0.1) is 0 Å². The van der Waals surface area contributed by atoms with Crippen LogP contribution in [0.3, 0.4) is 0 Å². The monoisotopic (exact) mass is 198 g/mol. The zero-order chi connectivity index (χ0) is 10.6. The van der Waals surface area contributed by atoms with Crippen LogP contribution in [0.2, 0.25) is 0 Å². The van der Waals surface area contributed by atoms with E-state index >= 15 is 0 Å². The summed E-state index contributed by atoms with van der Waals surface area (Å²) in [7, 11) is 0. The Morgan fingerprint density at radius 2 is 1.93 bits per heavy atom. The summed E-state index contributed by atoms with van der Waals surface area (Å²) in [6, 6.07) is 0. The molecule has 0 amide bonds. The second-order valence-electron chi connectivity index (χ2n) is 4.89. The van der Waals surface area contributed by atoms with Crippen LogP contribution >= 0.6 is 0 Å². The average molecular weight is 198 g/mol. The fourth-order valence-electron chi connectivity index (χ4n) is 2.07. The van der Waals surface area contributed by atoms with Crippen molar-refractivity contribution >= 4 is 0 Å². The maximum Gasteiger partial charge on any atom is 0.0298 e. The third kappa shape index (κ3) is 2.96. The van der Waals surface area contributed by atoms with E-state index < -0.39 is 0 Å². The highest BCUT2D eigenvalue weighted by Crippen LogP contribution is 2.36. The molecular weight excluding hydrogens is 172 g/mol. The number of rotatable bonds is 7. The third-order valence-electron chi connectivity index (χ3n) is 3.97. The van der Waals surface area contributed by atoms with Gasteiger partial charge in [-0.05, 0) is 44.1 Å². The van der Waals surface area contributed by atoms with E-state index in [-0.39, 0.29) is 5.54 Å². The second kappa shape index (κ2) is 5.13. The van der Waals surface area contributed by atoms with Crippen molar-refractivity contribution in [3.8, 4) is 0 Å². The number of nitrogens with two attached hydrogens (primary N) is 1. The lowest BCUT2D eigenvalue weighted by atomic mass is 9.92. The second-order valence-corrected chi connectivity index (χ2v) is 4.89. The number of hydrogen-bond donors (Lipinski definition) is 2. The Morgan fingerprint density at radius 3 is 2.29 bits per heavy atom. The molecule has 1 unspecified atom stereocenters. The van der Waals surface area contributed by atoms with Gasteiger partial charge in [0.15, 0.2) is 0 Å². The molecule has 84 valence electrons. The fraction of sp³-hybridized carbons (Fsp3) is 1.00. The molecule has 0 spiro atoms. The molecule has 0 aliphatic heterocycles. The van der Waals surface area contributed by atoms with Gasteiger partial charge in [0.1, 0.15) is 0 Å². The molecule has 3 N–H and O–H groups in total. The standard InChI is InChI=1S/C12H26N2/c1-4-12(5-2,9-13)14-8-10(3)11-6-7-11/h10-11,14H,4-9,13H2,1-3H3. The predicted molar refractivity (Wildman–Crippen MR) is 62.3 cm³/mol. The molecule has 1 saturated carbocycles. The quantitative estimate of drug-likeness (QED) is 0.658. The van der Waals surface area contributed by atoms with Crippen LogP contribution in [0.5, 0.6) is 0 Å². The van der Waals surface area contributed by atoms with Gasteiger partial charge < -0.3 is 11.1 Å². The number of nitrogens with one attached hydrogen (secondary N) is 1. The SMILES string of the molecule is CCC(CC)(CN)NCC(C)C1CC1. The van der Waals surface area contributed by atoms with Gasteiger partial charge in [-0.25, -0.2) is 0 Å². The first-order chi connectivity index (χ1) is 6.67. The summed E-state index contributed by atoms with van der Waals surface area (Å²) in [6.07, 6.45) is 5.15. The zero-order valence-corrected chi connectivity index (χ0v) is 9.97. The molecule has 0 radical (unpaired) electrons. The smallest absolute Gasteiger partial charge is 0.0298 e. The van der Waals surface area contributed by atoms with Gasteiger partial charge >= 0.3 is 0 Å². The highest BCUT2D eigenvalue weighted by Gasteiger charge is 2.30. The molecule has 1 atom stereocenters. The van der Waals surface area contributed by atoms with Gasteiger partial charge in [0.05, 0.1) is 0 Å². The molecule has 0 saturated heterocycles. The highest BCUT2D eigenvalue weighted by molar-refractivity contribution is 4.89. The maximum atomic E-state index is 5.84. The van der Waals surface area contributed by atoms with Crippen molar-refractivity contribution in [1.82, 2.24) is 5.32 Å². The molecule has 0 aromatic rings. The van der Waals surface area contributed by atoms with Crippen LogP contribution in [-0.2, 0) is 0 Å². The lowest BCUT2D eigenvalue weighted by Crippen LogP contribution is -2.51. The van der Waals surface area contributed by atoms with E-state index in [2.05, 4.69) is 26.1 Å². The van der Waals surface area contributed by atoms with E-state index in [1.807, 2.05) is 0 Å². The van der Waals surface area contributed by atoms with E-state index in [9.17, 15) is 0 Å². The molecule has 14 heavy (non-hydrogen) atoms. The molecule has 2 nitrogen and oxygen atoms in total. The summed E-state index contributed by atoms with van der Waals surface area (Å²) in [6.45, 7) is 8.72. The summed E-state index contributed by atoms with van der Waals surface area (Å²) < 4.78 is 0. The van der Waals surface area contributed by atoms with Gasteiger partial charge in [-0.1, -0.05) is 20.8 Å². The Balaban J connectivity index is 2.31. The molecule has 2 heteroatoms. The minimum Gasteiger partial charge on any atom is -0.329 e. The lowest BCUT2D eigenvalue weighted by Gasteiger charge is -2.33. The van der Waals surface area contributed by atoms with Gasteiger partial charge in [-0.3, -0.25) is 0 Å². The van der Waals surface area contributed by atoms with Crippen molar-refractivity contribution in [2.24, 2.45) is 17.6 Å². The summed E-state index contributed by atoms with van der Waals surface area (Å²) in [4.78, 5) is 0. The summed E-state index contributed by atoms with van der Waals surface area (Å²) >= 11 is 0. The van der Waals surface area contributed by atoms with Crippen molar-refractivity contribution < 1.29 is 0 Å². The molecule has 1 rings (SSSR count). The summed E-state index contributed by atoms with van der Waals surface area (Å²) in [5, 5.41) is 3.68. The number of hydrogen-bond acceptors (Lipinski definition) is 2. The molecule has 1 fully saturated rings. The normalized spacial score (nSPS) is 19.7. The summed E-state index contributed by atoms with van der Waals surface area (Å²) in [5.41, 5.74) is 6.04. The topological polar surface area (TPSA) is 38.0 Å². The van der Waals surface area contributed by atoms with Gasteiger partial charge in [-0.2, -0.15) is 0 Å². The van der Waals surface area contributed by atoms with Crippen LogP contribution in [0.25, 0.3) is 0 Å². The molecule has 0 aromatic heterocycles. The van der Waals surface area contributed by atoms with Crippen LogP contribution in [0.4, 0.5) is 0 Å². The molecule has 0 aromatic carbocycles. The largest absolute Gasteiger partial charge is 0.329 e. The Labute approximate surface area is 88.6 Å². The first-order valence-electron chi connectivity index (χ1n) is 6.12. The minimum atomic E-state index is 0.198. The molecule has 1 aliphatic rings. The van der Waals surface area contributed by atoms with Crippen LogP contribution in [0, 0.1) is 11.8 Å². The highest BCUT2D eigenvalue weighted by atomic mass is 15.0. The van der Waals surface area contributed by atoms with Crippen LogP contribution in [-0.4, -0.2) is 18.6 Å². The van der Waals surface area contributed by atoms with E-state index in [0.717, 1.165) is 37.8 Å². The Morgan fingerprint density at radius 1 is 1.36 bits per heavy atom. The minimum absolute atomic E-state index is 0.198. The van der Waals surface area contributed by atoms with Gasteiger partial charge in [0, 0.05) is 12.1 Å². The van der Waals surface area contributed by atoms with Crippen molar-refractivity contribution in [3.63, 3.8) is 0 Å². The molecule has 1 aliphatic carbocycles. The predicted octanol–water partition coefficient (Wildman–Crippen LogP) is 2.14.